The first-order chi connectivity index (χ1) is 15.0. The first-order valence-electron chi connectivity index (χ1n) is 11.1. The highest BCUT2D eigenvalue weighted by atomic mass is 16.5. The second kappa shape index (κ2) is 15.3. The van der Waals surface area contributed by atoms with E-state index in [-0.39, 0.29) is 5.91 Å². The van der Waals surface area contributed by atoms with Gasteiger partial charge >= 0.3 is 0 Å². The zero-order valence-electron chi connectivity index (χ0n) is 20.6. The van der Waals surface area contributed by atoms with Gasteiger partial charge in [-0.25, -0.2) is 9.97 Å². The molecule has 0 fully saturated rings. The van der Waals surface area contributed by atoms with Crippen molar-refractivity contribution in [3.8, 4) is 0 Å². The molecule has 174 valence electrons. The van der Waals surface area contributed by atoms with E-state index in [9.17, 15) is 4.79 Å². The molecule has 0 radical (unpaired) electrons. The second-order valence-corrected chi connectivity index (χ2v) is 6.55. The van der Waals surface area contributed by atoms with Crippen LogP contribution in [-0.4, -0.2) is 45.4 Å². The van der Waals surface area contributed by atoms with Crippen molar-refractivity contribution in [1.29, 1.82) is 0 Å². The number of hydrogen-bond donors (Lipinski definition) is 2. The lowest BCUT2D eigenvalue weighted by molar-refractivity contribution is -0.126. The number of para-hydroxylation sites is 1. The van der Waals surface area contributed by atoms with Gasteiger partial charge in [0.25, 0.3) is 5.91 Å². The van der Waals surface area contributed by atoms with Gasteiger partial charge in [0.1, 0.15) is 11.6 Å². The van der Waals surface area contributed by atoms with Gasteiger partial charge in [-0.3, -0.25) is 4.79 Å². The Bertz CT molecular complexity index is 906. The number of fused-ring (bicyclic) bond motifs is 3. The van der Waals surface area contributed by atoms with Crippen LogP contribution in [-0.2, 0) is 16.1 Å². The number of anilines is 1. The largest absolute Gasteiger partial charge is 0.400 e. The van der Waals surface area contributed by atoms with Crippen LogP contribution in [0.2, 0.25) is 0 Å². The van der Waals surface area contributed by atoms with Crippen molar-refractivity contribution in [3.63, 3.8) is 0 Å². The molecule has 7 heteroatoms. The summed E-state index contributed by atoms with van der Waals surface area (Å²) in [5.74, 6) is 0.748. The van der Waals surface area contributed by atoms with E-state index < -0.39 is 6.10 Å². The first-order valence-corrected chi connectivity index (χ1v) is 11.1. The van der Waals surface area contributed by atoms with Crippen LogP contribution in [0.3, 0.4) is 0 Å². The van der Waals surface area contributed by atoms with Crippen molar-refractivity contribution in [2.45, 2.75) is 68.0 Å². The van der Waals surface area contributed by atoms with Crippen molar-refractivity contribution in [3.05, 3.63) is 30.6 Å². The lowest BCUT2D eigenvalue weighted by Gasteiger charge is -2.14. The Morgan fingerprint density at radius 1 is 1.13 bits per heavy atom. The van der Waals surface area contributed by atoms with Crippen molar-refractivity contribution >= 4 is 33.7 Å². The Hall–Kier alpha value is -2.51. The van der Waals surface area contributed by atoms with Gasteiger partial charge in [0.05, 0.1) is 17.4 Å². The Balaban J connectivity index is 0.00000138. The fraction of sp³-hybridized carbons (Fsp3) is 0.542. The summed E-state index contributed by atoms with van der Waals surface area (Å²) >= 11 is 0. The molecular formula is C24H40N4O3. The van der Waals surface area contributed by atoms with Gasteiger partial charge in [-0.05, 0) is 25.8 Å². The summed E-state index contributed by atoms with van der Waals surface area (Å²) < 4.78 is 7.50. The maximum atomic E-state index is 12.4. The number of ether oxygens (including phenoxy) is 1. The summed E-state index contributed by atoms with van der Waals surface area (Å²) in [6, 6.07) is 7.92. The molecule has 0 saturated carbocycles. The van der Waals surface area contributed by atoms with Crippen LogP contribution in [0.4, 0.5) is 5.82 Å². The van der Waals surface area contributed by atoms with E-state index in [1.807, 2.05) is 65.2 Å². The molecule has 3 aromatic rings. The number of aromatic nitrogens is 3. The minimum absolute atomic E-state index is 0.218. The number of pyridine rings is 1. The Labute approximate surface area is 186 Å². The van der Waals surface area contributed by atoms with E-state index in [1.54, 1.807) is 6.92 Å². The number of imidazole rings is 1. The van der Waals surface area contributed by atoms with Crippen LogP contribution in [0.1, 0.15) is 55.4 Å². The third-order valence-electron chi connectivity index (χ3n) is 4.04. The molecule has 0 saturated heterocycles. The van der Waals surface area contributed by atoms with Gasteiger partial charge in [0, 0.05) is 25.6 Å². The predicted molar refractivity (Wildman–Crippen MR) is 130 cm³/mol. The smallest absolute Gasteiger partial charge is 0.254 e. The molecule has 2 aromatic heterocycles. The molecule has 1 aromatic carbocycles. The van der Waals surface area contributed by atoms with Gasteiger partial charge < -0.3 is 19.7 Å². The SMILES string of the molecule is CC.CC.CCOC(C)C(=O)Nc1nc2ccccc2c2c1ncn2CC(C)C.CO. The average molecular weight is 433 g/mol. The molecule has 0 spiro atoms. The minimum Gasteiger partial charge on any atom is -0.400 e. The summed E-state index contributed by atoms with van der Waals surface area (Å²) in [4.78, 5) is 21.5. The molecule has 0 aliphatic heterocycles. The van der Waals surface area contributed by atoms with Crippen LogP contribution in [0.5, 0.6) is 0 Å². The van der Waals surface area contributed by atoms with Gasteiger partial charge in [0.2, 0.25) is 0 Å². The zero-order valence-corrected chi connectivity index (χ0v) is 20.6. The molecule has 1 atom stereocenters. The van der Waals surface area contributed by atoms with E-state index in [0.717, 1.165) is 30.1 Å². The summed E-state index contributed by atoms with van der Waals surface area (Å²) in [6.07, 6.45) is 1.28. The van der Waals surface area contributed by atoms with E-state index in [2.05, 4.69) is 33.7 Å². The number of benzene rings is 1. The minimum atomic E-state index is -0.536. The predicted octanol–water partition coefficient (Wildman–Crippen LogP) is 5.26. The number of nitrogens with zero attached hydrogens (tertiary/aromatic N) is 3. The van der Waals surface area contributed by atoms with Crippen LogP contribution in [0, 0.1) is 5.92 Å². The monoisotopic (exact) mass is 432 g/mol. The summed E-state index contributed by atoms with van der Waals surface area (Å²) in [7, 11) is 1.00. The Kier molecular flexibility index (Phi) is 14.1. The third-order valence-corrected chi connectivity index (χ3v) is 4.04. The molecule has 0 aliphatic rings. The van der Waals surface area contributed by atoms with Crippen molar-refractivity contribution in [1.82, 2.24) is 14.5 Å². The van der Waals surface area contributed by atoms with E-state index >= 15 is 0 Å². The summed E-state index contributed by atoms with van der Waals surface area (Å²) in [5, 5.41) is 10.9. The van der Waals surface area contributed by atoms with E-state index in [4.69, 9.17) is 9.84 Å². The second-order valence-electron chi connectivity index (χ2n) is 6.55. The summed E-state index contributed by atoms with van der Waals surface area (Å²) in [5.41, 5.74) is 2.54. The van der Waals surface area contributed by atoms with Gasteiger partial charge in [0.15, 0.2) is 5.82 Å². The fourth-order valence-electron chi connectivity index (χ4n) is 2.95. The summed E-state index contributed by atoms with van der Waals surface area (Å²) in [6.45, 7) is 17.3. The lowest BCUT2D eigenvalue weighted by Crippen LogP contribution is -2.28. The molecule has 1 unspecified atom stereocenters. The highest BCUT2D eigenvalue weighted by Crippen LogP contribution is 2.29. The molecule has 31 heavy (non-hydrogen) atoms. The quantitative estimate of drug-likeness (QED) is 0.554. The van der Waals surface area contributed by atoms with Gasteiger partial charge in [-0.2, -0.15) is 0 Å². The van der Waals surface area contributed by atoms with Crippen molar-refractivity contribution < 1.29 is 14.6 Å². The maximum absolute atomic E-state index is 12.4. The number of rotatable bonds is 6. The molecule has 2 heterocycles. The van der Waals surface area contributed by atoms with E-state index in [0.29, 0.717) is 23.9 Å². The topological polar surface area (TPSA) is 89.3 Å². The third kappa shape index (κ3) is 7.60. The molecule has 2 N–H and O–H groups in total. The number of hydrogen-bond acceptors (Lipinski definition) is 5. The highest BCUT2D eigenvalue weighted by Gasteiger charge is 2.19. The normalized spacial score (nSPS) is 10.9. The highest BCUT2D eigenvalue weighted by molar-refractivity contribution is 6.09. The van der Waals surface area contributed by atoms with Crippen LogP contribution < -0.4 is 5.32 Å². The number of nitrogens with one attached hydrogen (secondary N) is 1. The maximum Gasteiger partial charge on any atom is 0.254 e. The standard InChI is InChI=1S/C19H24N4O2.2C2H6.CH4O/c1-5-25-13(4)19(24)22-18-16-17(23(11-20-16)10-12(2)3)14-8-6-7-9-15(14)21-18;3*1-2/h6-9,11-13H,5,10H2,1-4H3,(H,21,22,24);2*1-2H3;2H,1H3. The van der Waals surface area contributed by atoms with Crippen LogP contribution in [0.25, 0.3) is 21.9 Å². The first kappa shape index (κ1) is 28.5. The van der Waals surface area contributed by atoms with Crippen LogP contribution >= 0.6 is 0 Å². The van der Waals surface area contributed by atoms with Gasteiger partial charge in [-0.1, -0.05) is 59.7 Å². The fourth-order valence-corrected chi connectivity index (χ4v) is 2.95. The van der Waals surface area contributed by atoms with E-state index in [1.165, 1.54) is 0 Å². The Morgan fingerprint density at radius 2 is 1.74 bits per heavy atom. The average Bonchev–Trinajstić information content (AvgIpc) is 3.22. The molecular weight excluding hydrogens is 392 g/mol. The lowest BCUT2D eigenvalue weighted by atomic mass is 10.1. The van der Waals surface area contributed by atoms with Crippen molar-refractivity contribution in [2.24, 2.45) is 5.92 Å². The molecule has 1 amide bonds. The number of carbonyl (C=O) groups is 1. The number of amides is 1. The number of aliphatic hydroxyl groups excluding tert-OH is 1. The number of carbonyl (C=O) groups excluding carboxylic acids is 1. The van der Waals surface area contributed by atoms with Gasteiger partial charge in [-0.15, -0.1) is 0 Å². The molecule has 3 rings (SSSR count). The molecule has 7 nitrogen and oxygen atoms in total. The zero-order chi connectivity index (χ0) is 24.0. The molecule has 0 bridgehead atoms. The number of aliphatic hydroxyl groups is 1. The Morgan fingerprint density at radius 3 is 2.32 bits per heavy atom. The van der Waals surface area contributed by atoms with Crippen LogP contribution in [0.15, 0.2) is 30.6 Å². The molecule has 0 aliphatic carbocycles. The van der Waals surface area contributed by atoms with Crippen molar-refractivity contribution in [2.75, 3.05) is 19.0 Å².